The minimum absolute atomic E-state index is 0. The molecule has 2 rings (SSSR count). The first-order valence-electron chi connectivity index (χ1n) is 7.65. The van der Waals surface area contributed by atoms with E-state index in [0.717, 1.165) is 14.7 Å². The van der Waals surface area contributed by atoms with Gasteiger partial charge in [0.05, 0.1) is 0 Å². The zero-order chi connectivity index (χ0) is 21.6. The maximum absolute atomic E-state index is 9.51. The van der Waals surface area contributed by atoms with Crippen molar-refractivity contribution in [2.45, 2.75) is 0 Å². The van der Waals surface area contributed by atoms with Crippen molar-refractivity contribution in [1.82, 2.24) is 14.7 Å². The zero-order valence-corrected chi connectivity index (χ0v) is 19.3. The molecule has 2 aromatic carbocycles. The molecule has 3 amide bonds. The Hall–Kier alpha value is -2.48. The molecule has 0 fully saturated rings. The summed E-state index contributed by atoms with van der Waals surface area (Å²) in [6.07, 6.45) is -3.47. The minimum atomic E-state index is -1.16. The molecule has 0 aliphatic rings. The third kappa shape index (κ3) is 17.0. The molecule has 28 heavy (non-hydrogen) atoms. The van der Waals surface area contributed by atoms with Crippen LogP contribution in [-0.2, 0) is 26.2 Å². The van der Waals surface area contributed by atoms with Crippen LogP contribution in [0.2, 0.25) is 0 Å². The second kappa shape index (κ2) is 16.7. The fraction of sp³-hybridized carbons (Fsp3) is 0.333. The van der Waals surface area contributed by atoms with Crippen molar-refractivity contribution >= 4 is 29.1 Å². The fourth-order valence-electron chi connectivity index (χ4n) is 1.07. The van der Waals surface area contributed by atoms with E-state index in [4.69, 9.17) is 0 Å². The molecule has 0 saturated carbocycles. The van der Waals surface area contributed by atoms with E-state index >= 15 is 0 Å². The van der Waals surface area contributed by atoms with Gasteiger partial charge in [0.1, 0.15) is 18.3 Å². The van der Waals surface area contributed by atoms with Gasteiger partial charge in [-0.15, -0.1) is 29.7 Å². The van der Waals surface area contributed by atoms with Crippen molar-refractivity contribution in [2.75, 3.05) is 42.3 Å². The van der Waals surface area contributed by atoms with Crippen LogP contribution in [0.1, 0.15) is 0 Å². The first-order valence-corrected chi connectivity index (χ1v) is 7.65. The van der Waals surface area contributed by atoms with Crippen molar-refractivity contribution in [3.05, 3.63) is 42.5 Å². The summed E-state index contributed by atoms with van der Waals surface area (Å²) >= 11 is 0. The second-order valence-electron chi connectivity index (χ2n) is 5.64. The maximum atomic E-state index is 9.51. The number of carbonyl (C=O) groups is 3. The molecule has 0 atom stereocenters. The summed E-state index contributed by atoms with van der Waals surface area (Å²) in [7, 11) is 8.47. The Balaban J connectivity index is -0.000000302. The fourth-order valence-corrected chi connectivity index (χ4v) is 1.07. The van der Waals surface area contributed by atoms with Crippen LogP contribution in [0, 0.1) is 0 Å². The first-order chi connectivity index (χ1) is 12.4. The Morgan fingerprint density at radius 3 is 1.32 bits per heavy atom. The second-order valence-corrected chi connectivity index (χ2v) is 5.64. The monoisotopic (exact) mass is 469 g/mol. The van der Waals surface area contributed by atoms with Crippen molar-refractivity contribution < 1.29 is 55.9 Å². The topological polar surface area (TPSA) is 130 Å². The Kier molecular flexibility index (Phi) is 18.0. The standard InChI is InChI=1S/C9H7.3C3H7NO2.Zr/c1-2-5-9-7-3-6-8(9)4-1;3*1-4(2)3(5)6;/h1-7H;3*1-2H3,(H,5,6);/q-1;;;;+4/p-3. The van der Waals surface area contributed by atoms with Gasteiger partial charge in [0.25, 0.3) is 0 Å². The molecule has 10 heteroatoms. The van der Waals surface area contributed by atoms with Crippen LogP contribution >= 0.6 is 0 Å². The molecule has 9 nitrogen and oxygen atoms in total. The molecule has 0 aliphatic carbocycles. The van der Waals surface area contributed by atoms with Crippen LogP contribution in [0.15, 0.2) is 42.5 Å². The average Bonchev–Trinajstić information content (AvgIpc) is 3.04. The van der Waals surface area contributed by atoms with E-state index in [9.17, 15) is 29.7 Å². The van der Waals surface area contributed by atoms with Crippen LogP contribution in [0.4, 0.5) is 14.4 Å². The SMILES string of the molecule is CN(C)C(=O)[O-].CN(C)C(=O)[O-].CN(C)C(=O)[O-].[Zr+4].c1ccc2[cH-]ccc2c1. The zero-order valence-electron chi connectivity index (χ0n) is 16.8. The number of benzene rings is 1. The van der Waals surface area contributed by atoms with E-state index in [1.807, 2.05) is 0 Å². The summed E-state index contributed by atoms with van der Waals surface area (Å²) in [4.78, 5) is 31.5. The van der Waals surface area contributed by atoms with E-state index in [1.54, 1.807) is 0 Å². The number of carbonyl (C=O) groups excluding carboxylic acids is 3. The summed E-state index contributed by atoms with van der Waals surface area (Å²) in [6.45, 7) is 0. The van der Waals surface area contributed by atoms with Gasteiger partial charge in [0.2, 0.25) is 0 Å². The summed E-state index contributed by atoms with van der Waals surface area (Å²) in [6, 6.07) is 14.7. The van der Waals surface area contributed by atoms with E-state index in [1.165, 1.54) is 53.1 Å². The average molecular weight is 471 g/mol. The number of rotatable bonds is 0. The van der Waals surface area contributed by atoms with Gasteiger partial charge in [-0.2, -0.15) is 17.5 Å². The van der Waals surface area contributed by atoms with Crippen LogP contribution in [0.25, 0.3) is 10.8 Å². The molecule has 0 aliphatic heterocycles. The van der Waals surface area contributed by atoms with Crippen molar-refractivity contribution in [3.8, 4) is 0 Å². The Morgan fingerprint density at radius 1 is 0.714 bits per heavy atom. The third-order valence-corrected chi connectivity index (χ3v) is 2.64. The van der Waals surface area contributed by atoms with Gasteiger partial charge in [0.15, 0.2) is 0 Å². The molecule has 0 radical (unpaired) electrons. The molecule has 0 bridgehead atoms. The van der Waals surface area contributed by atoms with E-state index < -0.39 is 18.3 Å². The minimum Gasteiger partial charge on any atom is -0.530 e. The Bertz CT molecular complexity index is 628. The molecule has 0 N–H and O–H groups in total. The Morgan fingerprint density at radius 2 is 1.04 bits per heavy atom. The van der Waals surface area contributed by atoms with Crippen LogP contribution < -0.4 is 15.3 Å². The molecule has 152 valence electrons. The molecule has 0 saturated heterocycles. The van der Waals surface area contributed by atoms with Gasteiger partial charge in [0, 0.05) is 42.3 Å². The van der Waals surface area contributed by atoms with Crippen molar-refractivity contribution in [3.63, 3.8) is 0 Å². The molecule has 0 heterocycles. The van der Waals surface area contributed by atoms with Crippen LogP contribution in [0.3, 0.4) is 0 Å². The van der Waals surface area contributed by atoms with E-state index in [-0.39, 0.29) is 26.2 Å². The number of amides is 3. The molecule has 0 unspecified atom stereocenters. The van der Waals surface area contributed by atoms with Gasteiger partial charge in [-0.3, -0.25) is 0 Å². The van der Waals surface area contributed by atoms with Gasteiger partial charge in [-0.1, -0.05) is 6.07 Å². The molecule has 0 spiro atoms. The number of hydrogen-bond acceptors (Lipinski definition) is 6. The van der Waals surface area contributed by atoms with E-state index in [2.05, 4.69) is 42.5 Å². The Labute approximate surface area is 184 Å². The summed E-state index contributed by atoms with van der Waals surface area (Å²) in [5, 5.41) is 31.2. The molecular formula is C18H25N3O6Zr. The van der Waals surface area contributed by atoms with Gasteiger partial charge in [-0.25, -0.2) is 0 Å². The predicted molar refractivity (Wildman–Crippen MR) is 96.8 cm³/mol. The van der Waals surface area contributed by atoms with Gasteiger partial charge in [-0.05, 0) is 0 Å². The predicted octanol–water partition coefficient (Wildman–Crippen LogP) is -0.770. The number of nitrogens with zero attached hydrogens (tertiary/aromatic N) is 3. The number of fused-ring (bicyclic) bond motifs is 1. The summed E-state index contributed by atoms with van der Waals surface area (Å²) in [5.74, 6) is 0. The summed E-state index contributed by atoms with van der Waals surface area (Å²) in [5.41, 5.74) is 0. The smallest absolute Gasteiger partial charge is 0.530 e. The summed E-state index contributed by atoms with van der Waals surface area (Å²) < 4.78 is 0. The normalized spacial score (nSPS) is 8.21. The van der Waals surface area contributed by atoms with Gasteiger partial charge >= 0.3 is 26.2 Å². The number of carboxylic acid groups (broad SMARTS) is 3. The van der Waals surface area contributed by atoms with Crippen LogP contribution in [0.5, 0.6) is 0 Å². The van der Waals surface area contributed by atoms with Crippen LogP contribution in [-0.4, -0.2) is 75.3 Å². The first kappa shape index (κ1) is 30.3. The quantitative estimate of drug-likeness (QED) is 0.465. The number of hydrogen-bond donors (Lipinski definition) is 0. The molecule has 2 aromatic rings. The third-order valence-electron chi connectivity index (χ3n) is 2.64. The largest absolute Gasteiger partial charge is 4.00 e. The molecular weight excluding hydrogens is 445 g/mol. The van der Waals surface area contributed by atoms with Gasteiger partial charge < -0.3 is 44.4 Å². The van der Waals surface area contributed by atoms with Crippen molar-refractivity contribution in [2.24, 2.45) is 0 Å². The molecule has 0 aromatic heterocycles. The van der Waals surface area contributed by atoms with Crippen molar-refractivity contribution in [1.29, 1.82) is 0 Å². The maximum Gasteiger partial charge on any atom is 4.00 e. The van der Waals surface area contributed by atoms with E-state index in [0.29, 0.717) is 0 Å².